The molecule has 1 aliphatic rings. The summed E-state index contributed by atoms with van der Waals surface area (Å²) in [5.74, 6) is 0.142. The number of benzene rings is 2. The zero-order chi connectivity index (χ0) is 30.5. The number of hydrogen-bond acceptors (Lipinski definition) is 10. The normalized spacial score (nSPS) is 15.3. The third-order valence-electron chi connectivity index (χ3n) is 6.36. The second-order valence-electron chi connectivity index (χ2n) is 10.9. The van der Waals surface area contributed by atoms with Gasteiger partial charge in [-0.1, -0.05) is 19.9 Å². The van der Waals surface area contributed by atoms with Gasteiger partial charge in [-0.2, -0.15) is 0 Å². The Bertz CT molecular complexity index is 1280. The summed E-state index contributed by atoms with van der Waals surface area (Å²) in [6, 6.07) is 5.71. The molecule has 2 aromatic carbocycles. The lowest BCUT2D eigenvalue weighted by Gasteiger charge is -2.27. The van der Waals surface area contributed by atoms with Gasteiger partial charge < -0.3 is 38.5 Å². The molecule has 11 heteroatoms. The molecular formula is C30H39NO10. The van der Waals surface area contributed by atoms with E-state index in [1.807, 2.05) is 0 Å². The number of esters is 1. The van der Waals surface area contributed by atoms with Crippen molar-refractivity contribution < 1.29 is 47.5 Å². The lowest BCUT2D eigenvalue weighted by molar-refractivity contribution is -0.158. The number of methoxy groups -OCH3 is 4. The summed E-state index contributed by atoms with van der Waals surface area (Å²) < 4.78 is 38.6. The first-order valence-electron chi connectivity index (χ1n) is 13.2. The first kappa shape index (κ1) is 31.4. The lowest BCUT2D eigenvalue weighted by atomic mass is 9.88. The largest absolute Gasteiger partial charge is 0.493 e. The molecule has 0 aromatic heterocycles. The summed E-state index contributed by atoms with van der Waals surface area (Å²) in [5, 5.41) is 2.59. The van der Waals surface area contributed by atoms with Crippen LogP contribution in [0.25, 0.3) is 0 Å². The van der Waals surface area contributed by atoms with Crippen LogP contribution < -0.4 is 33.7 Å². The smallest absolute Gasteiger partial charge is 0.413 e. The molecule has 41 heavy (non-hydrogen) atoms. The number of nitrogens with one attached hydrogen (secondary N) is 1. The number of rotatable bonds is 10. The molecule has 1 heterocycles. The van der Waals surface area contributed by atoms with E-state index in [-0.39, 0.29) is 41.8 Å². The summed E-state index contributed by atoms with van der Waals surface area (Å²) >= 11 is 0. The third kappa shape index (κ3) is 7.33. The number of fused-ring (bicyclic) bond motifs is 1. The van der Waals surface area contributed by atoms with Gasteiger partial charge in [0.1, 0.15) is 23.0 Å². The van der Waals surface area contributed by atoms with Gasteiger partial charge in [0, 0.05) is 6.07 Å². The standard InChI is InChI=1S/C30H39NO10/c1-16(2)24(28(33)41-30(3,4)5)31-29(34)40-20-13-17(10-11-19(20)35-6)12-18-15-39-21-14-22(36-7)26(37-8)27(38-9)23(21)25(18)32/h10-11,13-14,16,18,24H,12,15H2,1-9H3,(H,31,34)/t18?,24-/m0/s1. The van der Waals surface area contributed by atoms with Gasteiger partial charge in [-0.25, -0.2) is 9.59 Å². The third-order valence-corrected chi connectivity index (χ3v) is 6.36. The molecule has 0 saturated carbocycles. The van der Waals surface area contributed by atoms with Crippen molar-refractivity contribution in [1.29, 1.82) is 0 Å². The van der Waals surface area contributed by atoms with Crippen molar-refractivity contribution in [2.24, 2.45) is 11.8 Å². The highest BCUT2D eigenvalue weighted by atomic mass is 16.6. The Hall–Kier alpha value is -4.15. The van der Waals surface area contributed by atoms with Gasteiger partial charge in [-0.3, -0.25) is 4.79 Å². The van der Waals surface area contributed by atoms with Gasteiger partial charge in [0.15, 0.2) is 28.8 Å². The molecule has 1 N–H and O–H groups in total. The van der Waals surface area contributed by atoms with Gasteiger partial charge in [0.25, 0.3) is 0 Å². The Morgan fingerprint density at radius 3 is 2.17 bits per heavy atom. The first-order chi connectivity index (χ1) is 19.3. The Morgan fingerprint density at radius 1 is 0.951 bits per heavy atom. The van der Waals surface area contributed by atoms with Crippen LogP contribution >= 0.6 is 0 Å². The van der Waals surface area contributed by atoms with Crippen LogP contribution in [-0.2, 0) is 16.0 Å². The molecule has 1 amide bonds. The lowest BCUT2D eigenvalue weighted by Crippen LogP contribution is -2.48. The van der Waals surface area contributed by atoms with E-state index >= 15 is 0 Å². The van der Waals surface area contributed by atoms with Crippen LogP contribution in [0.2, 0.25) is 0 Å². The molecule has 2 atom stereocenters. The Kier molecular flexibility index (Phi) is 9.96. The highest BCUT2D eigenvalue weighted by molar-refractivity contribution is 6.05. The number of carbonyl (C=O) groups excluding carboxylic acids is 3. The molecule has 0 radical (unpaired) electrons. The molecule has 224 valence electrons. The average molecular weight is 574 g/mol. The van der Waals surface area contributed by atoms with E-state index in [1.54, 1.807) is 58.9 Å². The molecule has 0 spiro atoms. The minimum atomic E-state index is -0.918. The second-order valence-corrected chi connectivity index (χ2v) is 10.9. The van der Waals surface area contributed by atoms with Crippen LogP contribution in [0.4, 0.5) is 4.79 Å². The van der Waals surface area contributed by atoms with E-state index in [4.69, 9.17) is 33.2 Å². The Morgan fingerprint density at radius 2 is 1.61 bits per heavy atom. The van der Waals surface area contributed by atoms with Gasteiger partial charge in [-0.15, -0.1) is 0 Å². The van der Waals surface area contributed by atoms with Crippen molar-refractivity contribution in [3.8, 4) is 34.5 Å². The molecule has 1 aliphatic heterocycles. The molecule has 0 aliphatic carbocycles. The van der Waals surface area contributed by atoms with Crippen molar-refractivity contribution >= 4 is 17.8 Å². The van der Waals surface area contributed by atoms with Crippen LogP contribution in [0.1, 0.15) is 50.5 Å². The van der Waals surface area contributed by atoms with Gasteiger partial charge >= 0.3 is 12.1 Å². The fraction of sp³-hybridized carbons (Fsp3) is 0.500. The number of carbonyl (C=O) groups is 3. The SMILES string of the molecule is COc1ccc(CC2COc3cc(OC)c(OC)c(OC)c3C2=O)cc1OC(=O)N[C@H](C(=O)OC(C)(C)C)C(C)C. The zero-order valence-electron chi connectivity index (χ0n) is 25.0. The summed E-state index contributed by atoms with van der Waals surface area (Å²) in [5.41, 5.74) is 0.258. The van der Waals surface area contributed by atoms with Crippen molar-refractivity contribution in [3.63, 3.8) is 0 Å². The van der Waals surface area contributed by atoms with Crippen molar-refractivity contribution in [1.82, 2.24) is 5.32 Å². The Balaban J connectivity index is 1.81. The van der Waals surface area contributed by atoms with E-state index in [9.17, 15) is 14.4 Å². The highest BCUT2D eigenvalue weighted by Gasteiger charge is 2.36. The molecule has 3 rings (SSSR count). The van der Waals surface area contributed by atoms with Crippen LogP contribution in [0, 0.1) is 11.8 Å². The van der Waals surface area contributed by atoms with E-state index in [0.717, 1.165) is 0 Å². The molecule has 0 saturated heterocycles. The van der Waals surface area contributed by atoms with E-state index < -0.39 is 29.6 Å². The summed E-state index contributed by atoms with van der Waals surface area (Å²) in [4.78, 5) is 39.1. The average Bonchev–Trinajstić information content (AvgIpc) is 2.91. The van der Waals surface area contributed by atoms with Crippen LogP contribution in [0.5, 0.6) is 34.5 Å². The maximum Gasteiger partial charge on any atom is 0.413 e. The molecule has 0 bridgehead atoms. The minimum Gasteiger partial charge on any atom is -0.493 e. The maximum atomic E-state index is 13.6. The number of ketones is 1. The van der Waals surface area contributed by atoms with E-state index in [2.05, 4.69) is 5.32 Å². The quantitative estimate of drug-likeness (QED) is 0.403. The molecule has 2 aromatic rings. The first-order valence-corrected chi connectivity index (χ1v) is 13.2. The fourth-order valence-corrected chi connectivity index (χ4v) is 4.43. The molecule has 0 fully saturated rings. The minimum absolute atomic E-state index is 0.124. The van der Waals surface area contributed by atoms with Crippen LogP contribution in [-0.4, -0.2) is 64.5 Å². The summed E-state index contributed by atoms with van der Waals surface area (Å²) in [6.45, 7) is 8.96. The fourth-order valence-electron chi connectivity index (χ4n) is 4.43. The maximum absolute atomic E-state index is 13.6. The van der Waals surface area contributed by atoms with Crippen molar-refractivity contribution in [2.45, 2.75) is 52.7 Å². The van der Waals surface area contributed by atoms with Crippen LogP contribution in [0.3, 0.4) is 0 Å². The number of hydrogen-bond donors (Lipinski definition) is 1. The molecule has 11 nitrogen and oxygen atoms in total. The number of Topliss-reactive ketones (excluding diaryl/α,β-unsaturated/α-hetero) is 1. The van der Waals surface area contributed by atoms with Gasteiger partial charge in [0.2, 0.25) is 5.75 Å². The van der Waals surface area contributed by atoms with Crippen molar-refractivity contribution in [3.05, 3.63) is 35.4 Å². The predicted octanol–water partition coefficient (Wildman–Crippen LogP) is 4.61. The van der Waals surface area contributed by atoms with Crippen LogP contribution in [0.15, 0.2) is 24.3 Å². The molecule has 1 unspecified atom stereocenters. The zero-order valence-corrected chi connectivity index (χ0v) is 25.0. The summed E-state index contributed by atoms with van der Waals surface area (Å²) in [7, 11) is 5.84. The number of ether oxygens (including phenoxy) is 7. The Labute approximate surface area is 240 Å². The summed E-state index contributed by atoms with van der Waals surface area (Å²) in [6.07, 6.45) is -0.564. The molecular weight excluding hydrogens is 534 g/mol. The monoisotopic (exact) mass is 573 g/mol. The topological polar surface area (TPSA) is 128 Å². The van der Waals surface area contributed by atoms with E-state index in [1.165, 1.54) is 28.4 Å². The van der Waals surface area contributed by atoms with E-state index in [0.29, 0.717) is 28.6 Å². The predicted molar refractivity (Wildman–Crippen MR) is 150 cm³/mol. The second kappa shape index (κ2) is 13.0. The van der Waals surface area contributed by atoms with Gasteiger partial charge in [0.05, 0.1) is 41.0 Å². The van der Waals surface area contributed by atoms with Gasteiger partial charge in [-0.05, 0) is 50.8 Å². The highest BCUT2D eigenvalue weighted by Crippen LogP contribution is 2.47. The van der Waals surface area contributed by atoms with Crippen molar-refractivity contribution in [2.75, 3.05) is 35.0 Å². The number of amides is 1.